The fourth-order valence-electron chi connectivity index (χ4n) is 3.73. The number of carbonyl (C=O) groups is 2. The molecule has 35 heavy (non-hydrogen) atoms. The number of pyridine rings is 1. The SMILES string of the molecule is CCOP(=O)(CC(=O)NCC(=O)N1CCN(S(=O)(=O)c2cccc3c(OC)nccc23)CC1)OC. The highest BCUT2D eigenvalue weighted by Gasteiger charge is 2.32. The number of methoxy groups -OCH3 is 1. The number of hydrogen-bond acceptors (Lipinski definition) is 9. The van der Waals surface area contributed by atoms with E-state index in [1.807, 2.05) is 0 Å². The van der Waals surface area contributed by atoms with E-state index in [0.717, 1.165) is 0 Å². The molecular formula is C21H29N4O8PS. The molecule has 1 aromatic heterocycles. The van der Waals surface area contributed by atoms with E-state index in [1.165, 1.54) is 35.7 Å². The minimum atomic E-state index is -3.83. The standard InChI is InChI=1S/C21H29N4O8PS/c1-4-33-34(28,32-3)15-19(26)23-14-20(27)24-10-12-25(13-11-24)35(29,30)18-7-5-6-17-16(18)8-9-22-21(17)31-2/h5-9H,4,10-15H2,1-3H3,(H,23,26). The molecule has 1 atom stereocenters. The summed E-state index contributed by atoms with van der Waals surface area (Å²) in [6.45, 7) is 1.97. The van der Waals surface area contributed by atoms with E-state index in [0.29, 0.717) is 16.7 Å². The maximum Gasteiger partial charge on any atom is 0.339 e. The van der Waals surface area contributed by atoms with Crippen LogP contribution in [0.3, 0.4) is 0 Å². The zero-order chi connectivity index (χ0) is 25.6. The number of benzene rings is 1. The molecule has 192 valence electrons. The summed E-state index contributed by atoms with van der Waals surface area (Å²) in [6, 6.07) is 6.53. The van der Waals surface area contributed by atoms with Crippen LogP contribution in [-0.2, 0) is 33.2 Å². The number of fused-ring (bicyclic) bond motifs is 1. The molecule has 12 nitrogen and oxygen atoms in total. The van der Waals surface area contributed by atoms with E-state index in [-0.39, 0.29) is 50.1 Å². The van der Waals surface area contributed by atoms with Gasteiger partial charge in [0.15, 0.2) is 0 Å². The van der Waals surface area contributed by atoms with Gasteiger partial charge < -0.3 is 24.0 Å². The molecule has 3 rings (SSSR count). The summed E-state index contributed by atoms with van der Waals surface area (Å²) in [6.07, 6.45) is 0.993. The van der Waals surface area contributed by atoms with Crippen LogP contribution < -0.4 is 10.1 Å². The van der Waals surface area contributed by atoms with Gasteiger partial charge in [0.1, 0.15) is 6.16 Å². The summed E-state index contributed by atoms with van der Waals surface area (Å²) in [4.78, 5) is 30.3. The largest absolute Gasteiger partial charge is 0.481 e. The number of nitrogens with one attached hydrogen (secondary N) is 1. The van der Waals surface area contributed by atoms with Crippen LogP contribution in [0.1, 0.15) is 6.92 Å². The molecule has 0 saturated carbocycles. The predicted octanol–water partition coefficient (Wildman–Crippen LogP) is 1.07. The predicted molar refractivity (Wildman–Crippen MR) is 128 cm³/mol. The molecule has 1 N–H and O–H groups in total. The third kappa shape index (κ3) is 6.17. The Kier molecular flexibility index (Phi) is 8.84. The van der Waals surface area contributed by atoms with E-state index in [1.54, 1.807) is 25.1 Å². The van der Waals surface area contributed by atoms with Gasteiger partial charge in [-0.2, -0.15) is 4.31 Å². The van der Waals surface area contributed by atoms with Crippen molar-refractivity contribution < 1.29 is 36.4 Å². The number of piperazine rings is 1. The van der Waals surface area contributed by atoms with Crippen molar-refractivity contribution in [2.45, 2.75) is 11.8 Å². The molecule has 1 aromatic carbocycles. The van der Waals surface area contributed by atoms with Gasteiger partial charge >= 0.3 is 7.60 Å². The molecule has 1 fully saturated rings. The first-order valence-electron chi connectivity index (χ1n) is 10.9. The maximum absolute atomic E-state index is 13.4. The fourth-order valence-corrected chi connectivity index (χ4v) is 6.54. The number of hydrogen-bond donors (Lipinski definition) is 1. The Morgan fingerprint density at radius 2 is 1.83 bits per heavy atom. The first-order valence-corrected chi connectivity index (χ1v) is 14.1. The van der Waals surface area contributed by atoms with Gasteiger partial charge in [0.2, 0.25) is 27.7 Å². The smallest absolute Gasteiger partial charge is 0.339 e. The average molecular weight is 529 g/mol. The van der Waals surface area contributed by atoms with Crippen molar-refractivity contribution in [3.8, 4) is 5.88 Å². The van der Waals surface area contributed by atoms with Gasteiger partial charge in [0.05, 0.1) is 25.2 Å². The first-order chi connectivity index (χ1) is 16.6. The van der Waals surface area contributed by atoms with Gasteiger partial charge in [-0.15, -0.1) is 0 Å². The number of aromatic nitrogens is 1. The minimum Gasteiger partial charge on any atom is -0.481 e. The molecule has 1 aliphatic rings. The lowest BCUT2D eigenvalue weighted by Crippen LogP contribution is -2.52. The van der Waals surface area contributed by atoms with E-state index < -0.39 is 29.7 Å². The van der Waals surface area contributed by atoms with E-state index in [9.17, 15) is 22.6 Å². The Morgan fingerprint density at radius 1 is 1.11 bits per heavy atom. The first kappa shape index (κ1) is 27.0. The van der Waals surface area contributed by atoms with Crippen molar-refractivity contribution in [1.82, 2.24) is 19.5 Å². The third-order valence-corrected chi connectivity index (χ3v) is 9.35. The number of carbonyl (C=O) groups excluding carboxylic acids is 2. The van der Waals surface area contributed by atoms with Crippen molar-refractivity contribution >= 4 is 40.2 Å². The van der Waals surface area contributed by atoms with Crippen LogP contribution in [0, 0.1) is 0 Å². The summed E-state index contributed by atoms with van der Waals surface area (Å²) in [5.74, 6) is -0.681. The zero-order valence-electron chi connectivity index (χ0n) is 19.8. The van der Waals surface area contributed by atoms with Crippen LogP contribution in [0.5, 0.6) is 5.88 Å². The van der Waals surface area contributed by atoms with Crippen LogP contribution in [-0.4, -0.2) is 94.1 Å². The summed E-state index contributed by atoms with van der Waals surface area (Å²) in [5.41, 5.74) is 0. The summed E-state index contributed by atoms with van der Waals surface area (Å²) >= 11 is 0. The van der Waals surface area contributed by atoms with Gasteiger partial charge in [0.25, 0.3) is 0 Å². The Morgan fingerprint density at radius 3 is 2.46 bits per heavy atom. The van der Waals surface area contributed by atoms with Crippen molar-refractivity contribution in [2.24, 2.45) is 0 Å². The molecule has 1 unspecified atom stereocenters. The highest BCUT2D eigenvalue weighted by Crippen LogP contribution is 2.46. The molecule has 0 spiro atoms. The van der Waals surface area contributed by atoms with Crippen LogP contribution >= 0.6 is 7.60 Å². The lowest BCUT2D eigenvalue weighted by molar-refractivity contribution is -0.133. The molecule has 1 aliphatic heterocycles. The minimum absolute atomic E-state index is 0.101. The van der Waals surface area contributed by atoms with Gasteiger partial charge in [-0.05, 0) is 25.1 Å². The molecule has 2 aromatic rings. The molecule has 1 saturated heterocycles. The molecule has 0 radical (unpaired) electrons. The summed E-state index contributed by atoms with van der Waals surface area (Å²) in [7, 11) is -4.73. The van der Waals surface area contributed by atoms with Crippen LogP contribution in [0.25, 0.3) is 10.8 Å². The number of nitrogens with zero attached hydrogens (tertiary/aromatic N) is 3. The molecule has 0 bridgehead atoms. The van der Waals surface area contributed by atoms with Crippen molar-refractivity contribution in [1.29, 1.82) is 0 Å². The topological polar surface area (TPSA) is 144 Å². The van der Waals surface area contributed by atoms with Gasteiger partial charge in [-0.3, -0.25) is 14.2 Å². The molecule has 2 heterocycles. The monoisotopic (exact) mass is 528 g/mol. The van der Waals surface area contributed by atoms with Crippen LogP contribution in [0.4, 0.5) is 0 Å². The molecule has 2 amide bonds. The van der Waals surface area contributed by atoms with Gasteiger partial charge in [0, 0.05) is 50.3 Å². The molecule has 14 heteroatoms. The highest BCUT2D eigenvalue weighted by atomic mass is 32.2. The van der Waals surface area contributed by atoms with E-state index in [2.05, 4.69) is 10.3 Å². The Labute approximate surface area is 204 Å². The maximum atomic E-state index is 13.4. The summed E-state index contributed by atoms with van der Waals surface area (Å²) < 4.78 is 55.3. The summed E-state index contributed by atoms with van der Waals surface area (Å²) in [5, 5.41) is 3.50. The van der Waals surface area contributed by atoms with E-state index in [4.69, 9.17) is 13.8 Å². The number of sulfonamides is 1. The van der Waals surface area contributed by atoms with Crippen LogP contribution in [0.2, 0.25) is 0 Å². The fraction of sp³-hybridized carbons (Fsp3) is 0.476. The highest BCUT2D eigenvalue weighted by molar-refractivity contribution is 7.89. The van der Waals surface area contributed by atoms with E-state index >= 15 is 0 Å². The van der Waals surface area contributed by atoms with Gasteiger partial charge in [-0.1, -0.05) is 6.07 Å². The third-order valence-electron chi connectivity index (χ3n) is 5.51. The average Bonchev–Trinajstić information content (AvgIpc) is 2.86. The number of amides is 2. The zero-order valence-corrected chi connectivity index (χ0v) is 21.5. The Hall–Kier alpha value is -2.57. The lowest BCUT2D eigenvalue weighted by atomic mass is 10.2. The molecular weight excluding hydrogens is 499 g/mol. The van der Waals surface area contributed by atoms with Crippen LogP contribution in [0.15, 0.2) is 35.4 Å². The quantitative estimate of drug-likeness (QED) is 0.448. The Bertz CT molecular complexity index is 1230. The second kappa shape index (κ2) is 11.4. The number of rotatable bonds is 10. The second-order valence-electron chi connectivity index (χ2n) is 7.60. The normalized spacial score (nSPS) is 16.6. The second-order valence-corrected chi connectivity index (χ2v) is 11.7. The Balaban J connectivity index is 1.61. The molecule has 0 aliphatic carbocycles. The van der Waals surface area contributed by atoms with Crippen molar-refractivity contribution in [3.63, 3.8) is 0 Å². The van der Waals surface area contributed by atoms with Crippen molar-refractivity contribution in [2.75, 3.05) is 59.7 Å². The lowest BCUT2D eigenvalue weighted by Gasteiger charge is -2.34. The van der Waals surface area contributed by atoms with Crippen molar-refractivity contribution in [3.05, 3.63) is 30.5 Å². The number of ether oxygens (including phenoxy) is 1. The van der Waals surface area contributed by atoms with Gasteiger partial charge in [-0.25, -0.2) is 13.4 Å².